The van der Waals surface area contributed by atoms with Gasteiger partial charge in [0.2, 0.25) is 10.0 Å². The fraction of sp³-hybridized carbons (Fsp3) is 0.875. The Morgan fingerprint density at radius 2 is 2.13 bits per heavy atom. The Labute approximate surface area is 101 Å². The first-order chi connectivity index (χ1) is 6.91. The molecule has 0 rings (SSSR count). The van der Waals surface area contributed by atoms with Gasteiger partial charge in [-0.1, -0.05) is 12.2 Å². The van der Waals surface area contributed by atoms with Gasteiger partial charge in [-0.3, -0.25) is 0 Å². The third kappa shape index (κ3) is 6.34. The third-order valence-corrected chi connectivity index (χ3v) is 4.94. The second kappa shape index (κ2) is 7.43. The lowest BCUT2D eigenvalue weighted by atomic mass is 10.3. The van der Waals surface area contributed by atoms with Gasteiger partial charge in [-0.25, -0.2) is 13.1 Å². The fourth-order valence-corrected chi connectivity index (χ4v) is 2.72. The van der Waals surface area contributed by atoms with E-state index in [0.29, 0.717) is 6.54 Å². The van der Waals surface area contributed by atoms with Crippen molar-refractivity contribution in [3.8, 4) is 0 Å². The van der Waals surface area contributed by atoms with Crippen molar-refractivity contribution in [1.29, 1.82) is 0 Å². The summed E-state index contributed by atoms with van der Waals surface area (Å²) in [6.07, 6.45) is 3.87. The second-order valence-corrected chi connectivity index (χ2v) is 6.73. The van der Waals surface area contributed by atoms with Gasteiger partial charge in [-0.05, 0) is 31.8 Å². The summed E-state index contributed by atoms with van der Waals surface area (Å²) in [4.78, 5) is 0.00612. The van der Waals surface area contributed by atoms with Crippen LogP contribution < -0.4 is 10.5 Å². The lowest BCUT2D eigenvalue weighted by Crippen LogP contribution is -2.40. The van der Waals surface area contributed by atoms with Gasteiger partial charge in [0.15, 0.2) is 0 Å². The van der Waals surface area contributed by atoms with Gasteiger partial charge in [0.1, 0.15) is 5.25 Å². The van der Waals surface area contributed by atoms with Crippen LogP contribution in [0.3, 0.4) is 0 Å². The highest BCUT2D eigenvalue weighted by molar-refractivity contribution is 7.98. The maximum atomic E-state index is 11.5. The molecule has 0 amide bonds. The van der Waals surface area contributed by atoms with Crippen LogP contribution in [0.5, 0.6) is 0 Å². The van der Waals surface area contributed by atoms with Crippen LogP contribution in [0.25, 0.3) is 0 Å². The molecule has 0 saturated heterocycles. The minimum atomic E-state index is -3.37. The predicted octanol–water partition coefficient (Wildman–Crippen LogP) is 0.724. The standard InChI is InChI=1S/C8H18N2O2S3/c1-7(8(9)13)15(11,12)10-5-3-4-6-14-2/h7,10H,3-6H2,1-2H3,(H2,9,13). The molecular formula is C8H18N2O2S3. The SMILES string of the molecule is CSCCCCNS(=O)(=O)C(C)C(N)=S. The Bertz CT molecular complexity index is 290. The molecule has 7 heteroatoms. The summed E-state index contributed by atoms with van der Waals surface area (Å²) in [5, 5.41) is -0.798. The molecule has 15 heavy (non-hydrogen) atoms. The number of nitrogens with two attached hydrogens (primary N) is 1. The minimum Gasteiger partial charge on any atom is -0.392 e. The van der Waals surface area contributed by atoms with Crippen molar-refractivity contribution >= 4 is 39.0 Å². The molecule has 0 bridgehead atoms. The summed E-state index contributed by atoms with van der Waals surface area (Å²) in [6, 6.07) is 0. The van der Waals surface area contributed by atoms with Crippen LogP contribution in [-0.2, 0) is 10.0 Å². The number of nitrogens with one attached hydrogen (secondary N) is 1. The van der Waals surface area contributed by atoms with Crippen molar-refractivity contribution in [2.45, 2.75) is 25.0 Å². The maximum absolute atomic E-state index is 11.5. The molecule has 3 N–H and O–H groups in total. The van der Waals surface area contributed by atoms with Crippen molar-refractivity contribution in [2.75, 3.05) is 18.6 Å². The number of hydrogen-bond donors (Lipinski definition) is 2. The van der Waals surface area contributed by atoms with Gasteiger partial charge in [-0.15, -0.1) is 0 Å². The van der Waals surface area contributed by atoms with Gasteiger partial charge in [0, 0.05) is 6.54 Å². The normalized spacial score (nSPS) is 13.7. The van der Waals surface area contributed by atoms with Crippen LogP contribution in [0.1, 0.15) is 19.8 Å². The number of hydrogen-bond acceptors (Lipinski definition) is 4. The van der Waals surface area contributed by atoms with Crippen LogP contribution in [0, 0.1) is 0 Å². The molecular weight excluding hydrogens is 252 g/mol. The third-order valence-electron chi connectivity index (χ3n) is 1.94. The summed E-state index contributed by atoms with van der Waals surface area (Å²) in [7, 11) is -3.37. The van der Waals surface area contributed by atoms with E-state index < -0.39 is 15.3 Å². The van der Waals surface area contributed by atoms with Crippen molar-refractivity contribution < 1.29 is 8.42 Å². The molecule has 1 atom stereocenters. The molecule has 0 aromatic carbocycles. The van der Waals surface area contributed by atoms with Crippen molar-refractivity contribution in [1.82, 2.24) is 4.72 Å². The lowest BCUT2D eigenvalue weighted by Gasteiger charge is -2.12. The Balaban J connectivity index is 3.90. The highest BCUT2D eigenvalue weighted by Gasteiger charge is 2.21. The number of thioether (sulfide) groups is 1. The molecule has 0 aliphatic carbocycles. The van der Waals surface area contributed by atoms with Crippen LogP contribution in [0.2, 0.25) is 0 Å². The molecule has 90 valence electrons. The van der Waals surface area contributed by atoms with Crippen LogP contribution in [0.4, 0.5) is 0 Å². The van der Waals surface area contributed by atoms with E-state index in [4.69, 9.17) is 5.73 Å². The first-order valence-electron chi connectivity index (χ1n) is 4.68. The Morgan fingerprint density at radius 1 is 1.53 bits per heavy atom. The van der Waals surface area contributed by atoms with E-state index in [9.17, 15) is 8.42 Å². The Hall–Kier alpha value is 0.150. The summed E-state index contributed by atoms with van der Waals surface area (Å²) in [5.74, 6) is 1.05. The van der Waals surface area contributed by atoms with Gasteiger partial charge >= 0.3 is 0 Å². The zero-order chi connectivity index (χ0) is 11.9. The molecule has 4 nitrogen and oxygen atoms in total. The van der Waals surface area contributed by atoms with Gasteiger partial charge in [-0.2, -0.15) is 11.8 Å². The lowest BCUT2D eigenvalue weighted by molar-refractivity contribution is 0.575. The summed E-state index contributed by atoms with van der Waals surface area (Å²) < 4.78 is 25.5. The predicted molar refractivity (Wildman–Crippen MR) is 70.8 cm³/mol. The average Bonchev–Trinajstić information content (AvgIpc) is 2.16. The van der Waals surface area contributed by atoms with Gasteiger partial charge in [0.05, 0.1) is 4.99 Å². The summed E-state index contributed by atoms with van der Waals surface area (Å²) in [5.41, 5.74) is 5.28. The first-order valence-corrected chi connectivity index (χ1v) is 8.03. The molecule has 1 unspecified atom stereocenters. The summed E-state index contributed by atoms with van der Waals surface area (Å²) in [6.45, 7) is 1.95. The fourth-order valence-electron chi connectivity index (χ4n) is 0.864. The van der Waals surface area contributed by atoms with Crippen molar-refractivity contribution in [3.05, 3.63) is 0 Å². The second-order valence-electron chi connectivity index (χ2n) is 3.18. The van der Waals surface area contributed by atoms with Crippen molar-refractivity contribution in [3.63, 3.8) is 0 Å². The highest BCUT2D eigenvalue weighted by atomic mass is 32.2. The molecule has 0 saturated carbocycles. The van der Waals surface area contributed by atoms with E-state index in [1.807, 2.05) is 6.26 Å². The molecule has 0 aliphatic heterocycles. The van der Waals surface area contributed by atoms with Crippen LogP contribution >= 0.6 is 24.0 Å². The van der Waals surface area contributed by atoms with Gasteiger partial charge < -0.3 is 5.73 Å². The van der Waals surface area contributed by atoms with Crippen LogP contribution in [-0.4, -0.2) is 37.2 Å². The largest absolute Gasteiger partial charge is 0.392 e. The zero-order valence-electron chi connectivity index (χ0n) is 9.02. The van der Waals surface area contributed by atoms with Crippen molar-refractivity contribution in [2.24, 2.45) is 5.73 Å². The smallest absolute Gasteiger partial charge is 0.220 e. The van der Waals surface area contributed by atoms with E-state index in [0.717, 1.165) is 18.6 Å². The molecule has 0 aromatic rings. The number of sulfonamides is 1. The van der Waals surface area contributed by atoms with E-state index in [-0.39, 0.29) is 4.99 Å². The molecule has 0 heterocycles. The molecule has 0 spiro atoms. The van der Waals surface area contributed by atoms with E-state index in [1.165, 1.54) is 6.92 Å². The zero-order valence-corrected chi connectivity index (χ0v) is 11.5. The average molecular weight is 270 g/mol. The van der Waals surface area contributed by atoms with E-state index in [1.54, 1.807) is 11.8 Å². The molecule has 0 aliphatic rings. The van der Waals surface area contributed by atoms with Crippen LogP contribution in [0.15, 0.2) is 0 Å². The number of thiocarbonyl (C=S) groups is 1. The topological polar surface area (TPSA) is 72.2 Å². The Kier molecular flexibility index (Phi) is 7.50. The molecule has 0 aromatic heterocycles. The quantitative estimate of drug-likeness (QED) is 0.502. The summed E-state index contributed by atoms with van der Waals surface area (Å²) >= 11 is 6.39. The number of unbranched alkanes of at least 4 members (excludes halogenated alkanes) is 1. The molecule has 0 fully saturated rings. The monoisotopic (exact) mass is 270 g/mol. The number of rotatable bonds is 8. The van der Waals surface area contributed by atoms with E-state index in [2.05, 4.69) is 16.9 Å². The molecule has 0 radical (unpaired) electrons. The minimum absolute atomic E-state index is 0.00612. The first kappa shape index (κ1) is 15.2. The highest BCUT2D eigenvalue weighted by Crippen LogP contribution is 2.01. The Morgan fingerprint density at radius 3 is 2.60 bits per heavy atom. The van der Waals surface area contributed by atoms with Gasteiger partial charge in [0.25, 0.3) is 0 Å². The maximum Gasteiger partial charge on any atom is 0.220 e. The van der Waals surface area contributed by atoms with E-state index >= 15 is 0 Å².